The van der Waals surface area contributed by atoms with Crippen molar-refractivity contribution in [2.24, 2.45) is 0 Å². The molecule has 3 rings (SSSR count). The Bertz CT molecular complexity index is 929. The Morgan fingerprint density at radius 3 is 2.94 bits per heavy atom. The monoisotopic (exact) mass is 444 g/mol. The fourth-order valence-corrected chi connectivity index (χ4v) is 3.72. The van der Waals surface area contributed by atoms with E-state index < -0.39 is 0 Å². The van der Waals surface area contributed by atoms with Gasteiger partial charge in [0.25, 0.3) is 0 Å². The standard InChI is InChI=1S/C22H28N4O4S/c1-28-12-5-10-23-21(27)9-11-26(16-19-8-4-13-30-19)22-24-20(25-31-22)15-17-6-3-7-18(14-17)29-2/h3-4,6-8,13-14H,5,9-12,15-16H2,1-2H3,(H,23,27). The number of hydrogen-bond donors (Lipinski definition) is 1. The van der Waals surface area contributed by atoms with Crippen LogP contribution in [0.2, 0.25) is 0 Å². The maximum atomic E-state index is 12.2. The Hall–Kier alpha value is -2.91. The van der Waals surface area contributed by atoms with Crippen LogP contribution in [-0.4, -0.2) is 49.2 Å². The zero-order valence-electron chi connectivity index (χ0n) is 17.9. The molecule has 0 aliphatic rings. The van der Waals surface area contributed by atoms with Gasteiger partial charge in [-0.3, -0.25) is 4.79 Å². The topological polar surface area (TPSA) is 89.7 Å². The molecule has 166 valence electrons. The summed E-state index contributed by atoms with van der Waals surface area (Å²) < 4.78 is 20.3. The largest absolute Gasteiger partial charge is 0.497 e. The van der Waals surface area contributed by atoms with Crippen molar-refractivity contribution in [1.29, 1.82) is 0 Å². The van der Waals surface area contributed by atoms with Crippen LogP contribution in [0.3, 0.4) is 0 Å². The van der Waals surface area contributed by atoms with E-state index >= 15 is 0 Å². The van der Waals surface area contributed by atoms with Crippen molar-refractivity contribution < 1.29 is 18.7 Å². The second-order valence-corrected chi connectivity index (χ2v) is 7.70. The van der Waals surface area contributed by atoms with Crippen LogP contribution in [-0.2, 0) is 22.5 Å². The molecule has 0 saturated heterocycles. The van der Waals surface area contributed by atoms with Crippen molar-refractivity contribution in [3.05, 3.63) is 59.8 Å². The third-order valence-electron chi connectivity index (χ3n) is 4.61. The fraction of sp³-hybridized carbons (Fsp3) is 0.409. The summed E-state index contributed by atoms with van der Waals surface area (Å²) in [5.41, 5.74) is 1.08. The molecule has 0 aliphatic heterocycles. The van der Waals surface area contributed by atoms with E-state index in [2.05, 4.69) is 9.69 Å². The molecular weight excluding hydrogens is 416 g/mol. The Kier molecular flexibility index (Phi) is 8.86. The molecule has 2 aromatic heterocycles. The smallest absolute Gasteiger partial charge is 0.221 e. The van der Waals surface area contributed by atoms with Crippen molar-refractivity contribution in [2.45, 2.75) is 25.8 Å². The van der Waals surface area contributed by atoms with E-state index in [0.29, 0.717) is 39.1 Å². The molecule has 0 aliphatic carbocycles. The molecule has 0 bridgehead atoms. The van der Waals surface area contributed by atoms with Gasteiger partial charge in [-0.05, 0) is 36.2 Å². The van der Waals surface area contributed by atoms with Gasteiger partial charge in [0.15, 0.2) is 0 Å². The Balaban J connectivity index is 1.62. The molecule has 1 aromatic carbocycles. The number of ether oxygens (including phenoxy) is 2. The van der Waals surface area contributed by atoms with Gasteiger partial charge >= 0.3 is 0 Å². The van der Waals surface area contributed by atoms with E-state index in [0.717, 1.165) is 34.4 Å². The number of methoxy groups -OCH3 is 2. The number of nitrogens with one attached hydrogen (secondary N) is 1. The SMILES string of the molecule is COCCCNC(=O)CCN(Cc1ccco1)c1nc(Cc2cccc(OC)c2)ns1. The average Bonchev–Trinajstić information content (AvgIpc) is 3.46. The van der Waals surface area contributed by atoms with Gasteiger partial charge in [0.05, 0.1) is 19.9 Å². The number of amides is 1. The minimum Gasteiger partial charge on any atom is -0.497 e. The zero-order valence-corrected chi connectivity index (χ0v) is 18.7. The first kappa shape index (κ1) is 22.8. The van der Waals surface area contributed by atoms with Crippen molar-refractivity contribution in [3.8, 4) is 5.75 Å². The van der Waals surface area contributed by atoms with Gasteiger partial charge in [0, 0.05) is 51.2 Å². The lowest BCUT2D eigenvalue weighted by atomic mass is 10.1. The second kappa shape index (κ2) is 12.1. The molecule has 1 N–H and O–H groups in total. The molecule has 31 heavy (non-hydrogen) atoms. The van der Waals surface area contributed by atoms with Crippen LogP contribution in [0.5, 0.6) is 5.75 Å². The van der Waals surface area contributed by atoms with E-state index in [9.17, 15) is 4.79 Å². The van der Waals surface area contributed by atoms with Gasteiger partial charge in [0.2, 0.25) is 11.0 Å². The highest BCUT2D eigenvalue weighted by Crippen LogP contribution is 2.22. The predicted octanol–water partition coefficient (Wildman–Crippen LogP) is 3.28. The minimum absolute atomic E-state index is 0.00154. The molecule has 0 unspecified atom stereocenters. The lowest BCUT2D eigenvalue weighted by Gasteiger charge is -2.20. The molecular formula is C22H28N4O4S. The lowest BCUT2D eigenvalue weighted by molar-refractivity contribution is -0.120. The van der Waals surface area contributed by atoms with Crippen molar-refractivity contribution in [2.75, 3.05) is 38.8 Å². The first-order valence-electron chi connectivity index (χ1n) is 10.2. The highest BCUT2D eigenvalue weighted by Gasteiger charge is 2.16. The number of furan rings is 1. The van der Waals surface area contributed by atoms with Gasteiger partial charge in [0.1, 0.15) is 17.3 Å². The van der Waals surface area contributed by atoms with Crippen LogP contribution < -0.4 is 15.0 Å². The summed E-state index contributed by atoms with van der Waals surface area (Å²) >= 11 is 1.33. The Labute approximate surface area is 186 Å². The van der Waals surface area contributed by atoms with Gasteiger partial charge in [-0.1, -0.05) is 12.1 Å². The van der Waals surface area contributed by atoms with E-state index in [1.54, 1.807) is 20.5 Å². The summed E-state index contributed by atoms with van der Waals surface area (Å²) in [6.07, 6.45) is 3.41. The number of carbonyl (C=O) groups is 1. The summed E-state index contributed by atoms with van der Waals surface area (Å²) in [7, 11) is 3.30. The molecule has 0 atom stereocenters. The summed E-state index contributed by atoms with van der Waals surface area (Å²) in [5.74, 6) is 2.36. The minimum atomic E-state index is 0.00154. The molecule has 1 amide bonds. The van der Waals surface area contributed by atoms with Crippen LogP contribution in [0.15, 0.2) is 47.1 Å². The quantitative estimate of drug-likeness (QED) is 0.405. The van der Waals surface area contributed by atoms with Gasteiger partial charge in [-0.15, -0.1) is 0 Å². The number of anilines is 1. The molecule has 0 radical (unpaired) electrons. The van der Waals surface area contributed by atoms with Crippen molar-refractivity contribution in [1.82, 2.24) is 14.7 Å². The summed E-state index contributed by atoms with van der Waals surface area (Å²) in [6, 6.07) is 11.6. The van der Waals surface area contributed by atoms with Gasteiger partial charge in [-0.2, -0.15) is 4.37 Å². The molecule has 0 saturated carbocycles. The molecule has 0 fully saturated rings. The highest BCUT2D eigenvalue weighted by atomic mass is 32.1. The third-order valence-corrected chi connectivity index (χ3v) is 5.42. The van der Waals surface area contributed by atoms with E-state index in [1.807, 2.05) is 41.3 Å². The van der Waals surface area contributed by atoms with Crippen molar-refractivity contribution in [3.63, 3.8) is 0 Å². The lowest BCUT2D eigenvalue weighted by Crippen LogP contribution is -2.31. The van der Waals surface area contributed by atoms with E-state index in [4.69, 9.17) is 18.9 Å². The number of carbonyl (C=O) groups excluding carboxylic acids is 1. The third kappa shape index (κ3) is 7.37. The van der Waals surface area contributed by atoms with Crippen LogP contribution in [0.4, 0.5) is 5.13 Å². The summed E-state index contributed by atoms with van der Waals surface area (Å²) in [5, 5.41) is 3.68. The molecule has 0 spiro atoms. The van der Waals surface area contributed by atoms with Crippen molar-refractivity contribution >= 4 is 22.6 Å². The first-order chi connectivity index (χ1) is 15.2. The fourth-order valence-electron chi connectivity index (χ4n) is 3.01. The van der Waals surface area contributed by atoms with Crippen LogP contribution in [0.1, 0.15) is 30.0 Å². The Morgan fingerprint density at radius 1 is 1.26 bits per heavy atom. The first-order valence-corrected chi connectivity index (χ1v) is 10.9. The summed E-state index contributed by atoms with van der Waals surface area (Å²) in [4.78, 5) is 18.9. The number of hydrogen-bond acceptors (Lipinski definition) is 8. The highest BCUT2D eigenvalue weighted by molar-refractivity contribution is 7.09. The van der Waals surface area contributed by atoms with Crippen LogP contribution >= 0.6 is 11.5 Å². The maximum Gasteiger partial charge on any atom is 0.221 e. The maximum absolute atomic E-state index is 12.2. The number of aromatic nitrogens is 2. The van der Waals surface area contributed by atoms with Gasteiger partial charge in [-0.25, -0.2) is 4.98 Å². The summed E-state index contributed by atoms with van der Waals surface area (Å²) in [6.45, 7) is 2.28. The molecule has 9 heteroatoms. The van der Waals surface area contributed by atoms with E-state index in [1.165, 1.54) is 11.5 Å². The zero-order chi connectivity index (χ0) is 21.9. The average molecular weight is 445 g/mol. The van der Waals surface area contributed by atoms with Crippen LogP contribution in [0, 0.1) is 0 Å². The predicted molar refractivity (Wildman–Crippen MR) is 120 cm³/mol. The van der Waals surface area contributed by atoms with E-state index in [-0.39, 0.29) is 5.91 Å². The number of benzene rings is 1. The normalized spacial score (nSPS) is 10.8. The van der Waals surface area contributed by atoms with Gasteiger partial charge < -0.3 is 24.1 Å². The number of rotatable bonds is 13. The van der Waals surface area contributed by atoms with Crippen LogP contribution in [0.25, 0.3) is 0 Å². The molecule has 8 nitrogen and oxygen atoms in total. The molecule has 2 heterocycles. The number of nitrogens with zero attached hydrogens (tertiary/aromatic N) is 3. The Morgan fingerprint density at radius 2 is 2.16 bits per heavy atom. The second-order valence-electron chi connectivity index (χ2n) is 6.97. The molecule has 3 aromatic rings.